The number of anilines is 2. The average molecular weight is 433 g/mol. The largest absolute Gasteiger partial charge is 0.300 e. The number of thioether (sulfide) groups is 2. The number of rotatable bonds is 10. The van der Waals surface area contributed by atoms with Crippen LogP contribution in [0.1, 0.15) is 33.6 Å². The summed E-state index contributed by atoms with van der Waals surface area (Å²) in [5, 5.41) is 22.3. The predicted molar refractivity (Wildman–Crippen MR) is 108 cm³/mol. The van der Waals surface area contributed by atoms with Gasteiger partial charge in [0.05, 0.1) is 5.75 Å². The van der Waals surface area contributed by atoms with Gasteiger partial charge in [0.2, 0.25) is 22.1 Å². The van der Waals surface area contributed by atoms with E-state index in [1.807, 2.05) is 20.8 Å². The first-order valence-electron chi connectivity index (χ1n) is 8.08. The maximum atomic E-state index is 12.0. The zero-order valence-electron chi connectivity index (χ0n) is 14.6. The smallest absolute Gasteiger partial charge is 0.236 e. The fraction of sp³-hybridized carbons (Fsp3) is 0.571. The number of hydrogen-bond acceptors (Lipinski definition) is 10. The molecule has 0 radical (unpaired) electrons. The quantitative estimate of drug-likeness (QED) is 0.433. The second-order valence-electron chi connectivity index (χ2n) is 5.02. The minimum atomic E-state index is -0.183. The van der Waals surface area contributed by atoms with Gasteiger partial charge in [0, 0.05) is 5.92 Å². The van der Waals surface area contributed by atoms with Gasteiger partial charge in [0.15, 0.2) is 8.68 Å². The van der Waals surface area contributed by atoms with Crippen LogP contribution < -0.4 is 10.6 Å². The molecule has 0 aliphatic heterocycles. The highest BCUT2D eigenvalue weighted by Crippen LogP contribution is 2.27. The molecule has 0 aromatic carbocycles. The Bertz CT molecular complexity index is 731. The van der Waals surface area contributed by atoms with E-state index in [4.69, 9.17) is 0 Å². The van der Waals surface area contributed by atoms with E-state index in [0.29, 0.717) is 14.6 Å². The van der Waals surface area contributed by atoms with Gasteiger partial charge in [-0.1, -0.05) is 67.0 Å². The Morgan fingerprint density at radius 3 is 2.08 bits per heavy atom. The van der Waals surface area contributed by atoms with Crippen molar-refractivity contribution in [3.8, 4) is 0 Å². The lowest BCUT2D eigenvalue weighted by Gasteiger charge is -2.09. The summed E-state index contributed by atoms with van der Waals surface area (Å²) in [5.74, 6) is 0.842. The summed E-state index contributed by atoms with van der Waals surface area (Å²) in [7, 11) is 0. The number of carbonyl (C=O) groups excluding carboxylic acids is 2. The van der Waals surface area contributed by atoms with Gasteiger partial charge in [-0.2, -0.15) is 0 Å². The second-order valence-corrected chi connectivity index (χ2v) is 9.71. The maximum absolute atomic E-state index is 12.0. The van der Waals surface area contributed by atoms with Crippen LogP contribution in [-0.4, -0.2) is 43.7 Å². The Morgan fingerprint density at radius 2 is 1.50 bits per heavy atom. The number of nitrogens with one attached hydrogen (secondary N) is 2. The van der Waals surface area contributed by atoms with E-state index in [1.54, 1.807) is 11.8 Å². The third kappa shape index (κ3) is 6.49. The molecule has 0 atom stereocenters. The number of amides is 2. The standard InChI is InChI=1S/C14H20N6O2S4/c1-4-8(5-2)10(22)16-12-18-20-14(26-12)24-7-9(21)15-11-17-19-13(25-11)23-6-3/h8H,4-7H2,1-3H3,(H,15,17,21)(H,16,18,22). The normalized spacial score (nSPS) is 10.9. The molecule has 0 unspecified atom stereocenters. The van der Waals surface area contributed by atoms with Crippen LogP contribution in [0, 0.1) is 5.92 Å². The fourth-order valence-corrected chi connectivity index (χ4v) is 5.13. The summed E-state index contributed by atoms with van der Waals surface area (Å²) < 4.78 is 1.46. The lowest BCUT2D eigenvalue weighted by atomic mass is 10.0. The van der Waals surface area contributed by atoms with E-state index in [0.717, 1.165) is 22.9 Å². The van der Waals surface area contributed by atoms with Crippen LogP contribution in [0.15, 0.2) is 8.68 Å². The molecule has 2 rings (SSSR count). The molecule has 2 aromatic rings. The Hall–Kier alpha value is -1.24. The zero-order chi connectivity index (χ0) is 18.9. The van der Waals surface area contributed by atoms with E-state index in [-0.39, 0.29) is 23.5 Å². The third-order valence-electron chi connectivity index (χ3n) is 3.24. The SMILES string of the molecule is CCSc1nnc(NC(=O)CSc2nnc(NC(=O)C(CC)CC)s2)s1. The summed E-state index contributed by atoms with van der Waals surface area (Å²) in [4.78, 5) is 24.0. The van der Waals surface area contributed by atoms with Crippen molar-refractivity contribution in [2.75, 3.05) is 22.1 Å². The van der Waals surface area contributed by atoms with E-state index < -0.39 is 0 Å². The van der Waals surface area contributed by atoms with Crippen molar-refractivity contribution >= 4 is 68.3 Å². The van der Waals surface area contributed by atoms with E-state index >= 15 is 0 Å². The summed E-state index contributed by atoms with van der Waals surface area (Å²) >= 11 is 5.46. The van der Waals surface area contributed by atoms with Crippen molar-refractivity contribution in [2.45, 2.75) is 42.3 Å². The molecular formula is C14H20N6O2S4. The van der Waals surface area contributed by atoms with Gasteiger partial charge in [-0.15, -0.1) is 20.4 Å². The van der Waals surface area contributed by atoms with Crippen LogP contribution in [0.2, 0.25) is 0 Å². The first-order valence-corrected chi connectivity index (χ1v) is 11.7. The van der Waals surface area contributed by atoms with Gasteiger partial charge >= 0.3 is 0 Å². The molecule has 2 heterocycles. The van der Waals surface area contributed by atoms with Gasteiger partial charge in [0.1, 0.15) is 0 Å². The van der Waals surface area contributed by atoms with Crippen LogP contribution >= 0.6 is 46.2 Å². The first-order chi connectivity index (χ1) is 12.5. The molecule has 8 nitrogen and oxygen atoms in total. The fourth-order valence-electron chi connectivity index (χ4n) is 1.91. The molecule has 2 aromatic heterocycles. The Kier molecular flexibility index (Phi) is 8.75. The minimum absolute atomic E-state index is 0.0246. The third-order valence-corrected chi connectivity index (χ3v) is 7.07. The van der Waals surface area contributed by atoms with E-state index in [1.165, 1.54) is 34.4 Å². The molecule has 0 aliphatic carbocycles. The molecule has 2 N–H and O–H groups in total. The Balaban J connectivity index is 1.79. The summed E-state index contributed by atoms with van der Waals surface area (Å²) in [6.45, 7) is 6.00. The number of carbonyl (C=O) groups is 2. The lowest BCUT2D eigenvalue weighted by molar-refractivity contribution is -0.120. The molecule has 0 saturated heterocycles. The molecule has 0 saturated carbocycles. The van der Waals surface area contributed by atoms with Crippen molar-refractivity contribution in [2.24, 2.45) is 5.92 Å². The summed E-state index contributed by atoms with van der Waals surface area (Å²) in [6, 6.07) is 0. The van der Waals surface area contributed by atoms with Gasteiger partial charge in [0.25, 0.3) is 0 Å². The second kappa shape index (κ2) is 10.8. The highest BCUT2D eigenvalue weighted by atomic mass is 32.2. The van der Waals surface area contributed by atoms with Crippen molar-refractivity contribution in [3.05, 3.63) is 0 Å². The monoisotopic (exact) mass is 432 g/mol. The average Bonchev–Trinajstić information content (AvgIpc) is 3.24. The van der Waals surface area contributed by atoms with Crippen molar-refractivity contribution in [3.63, 3.8) is 0 Å². The van der Waals surface area contributed by atoms with Gasteiger partial charge in [-0.3, -0.25) is 14.9 Å². The van der Waals surface area contributed by atoms with Crippen LogP contribution in [0.5, 0.6) is 0 Å². The van der Waals surface area contributed by atoms with Crippen molar-refractivity contribution in [1.82, 2.24) is 20.4 Å². The highest BCUT2D eigenvalue weighted by molar-refractivity contribution is 8.01. The summed E-state index contributed by atoms with van der Waals surface area (Å²) in [6.07, 6.45) is 1.57. The van der Waals surface area contributed by atoms with Gasteiger partial charge in [-0.25, -0.2) is 0 Å². The predicted octanol–water partition coefficient (Wildman–Crippen LogP) is 3.61. The van der Waals surface area contributed by atoms with E-state index in [9.17, 15) is 9.59 Å². The van der Waals surface area contributed by atoms with Gasteiger partial charge in [-0.05, 0) is 18.6 Å². The molecular weight excluding hydrogens is 412 g/mol. The Labute approximate surface area is 168 Å². The molecule has 0 spiro atoms. The maximum Gasteiger partial charge on any atom is 0.236 e. The highest BCUT2D eigenvalue weighted by Gasteiger charge is 2.17. The van der Waals surface area contributed by atoms with Crippen molar-refractivity contribution < 1.29 is 9.59 Å². The van der Waals surface area contributed by atoms with Crippen molar-refractivity contribution in [1.29, 1.82) is 0 Å². The van der Waals surface area contributed by atoms with Crippen LogP contribution in [0.3, 0.4) is 0 Å². The zero-order valence-corrected chi connectivity index (χ0v) is 17.9. The molecule has 142 valence electrons. The molecule has 12 heteroatoms. The molecule has 0 aliphatic rings. The molecule has 26 heavy (non-hydrogen) atoms. The van der Waals surface area contributed by atoms with Crippen LogP contribution in [0.4, 0.5) is 10.3 Å². The molecule has 0 fully saturated rings. The molecule has 0 bridgehead atoms. The topological polar surface area (TPSA) is 110 Å². The van der Waals surface area contributed by atoms with Crippen LogP contribution in [0.25, 0.3) is 0 Å². The molecule has 2 amide bonds. The number of aromatic nitrogens is 4. The van der Waals surface area contributed by atoms with Gasteiger partial charge < -0.3 is 5.32 Å². The summed E-state index contributed by atoms with van der Waals surface area (Å²) in [5.41, 5.74) is 0. The lowest BCUT2D eigenvalue weighted by Crippen LogP contribution is -2.21. The van der Waals surface area contributed by atoms with Crippen LogP contribution in [-0.2, 0) is 9.59 Å². The van der Waals surface area contributed by atoms with E-state index in [2.05, 4.69) is 31.0 Å². The Morgan fingerprint density at radius 1 is 0.923 bits per heavy atom. The minimum Gasteiger partial charge on any atom is -0.300 e. The first kappa shape index (κ1) is 21.1. The number of nitrogens with zero attached hydrogens (tertiary/aromatic N) is 4. The number of hydrogen-bond donors (Lipinski definition) is 2.